The van der Waals surface area contributed by atoms with Gasteiger partial charge in [-0.15, -0.1) is 23.1 Å². The number of piperazine rings is 1. The minimum atomic E-state index is -0.528. The van der Waals surface area contributed by atoms with E-state index in [-0.39, 0.29) is 35.8 Å². The van der Waals surface area contributed by atoms with Crippen LogP contribution >= 0.6 is 23.1 Å². The van der Waals surface area contributed by atoms with Crippen LogP contribution in [-0.2, 0) is 14.4 Å². The Morgan fingerprint density at radius 2 is 1.69 bits per heavy atom. The van der Waals surface area contributed by atoms with Crippen molar-refractivity contribution in [1.29, 1.82) is 0 Å². The molecule has 11 heteroatoms. The van der Waals surface area contributed by atoms with Gasteiger partial charge in [-0.3, -0.25) is 19.3 Å². The van der Waals surface area contributed by atoms with E-state index < -0.39 is 5.25 Å². The summed E-state index contributed by atoms with van der Waals surface area (Å²) in [6, 6.07) is 18.3. The predicted octanol–water partition coefficient (Wildman–Crippen LogP) is 4.91. The lowest BCUT2D eigenvalue weighted by Gasteiger charge is -2.35. The summed E-state index contributed by atoms with van der Waals surface area (Å²) in [7, 11) is 0. The van der Waals surface area contributed by atoms with Gasteiger partial charge in [-0.1, -0.05) is 42.5 Å². The molecule has 0 aliphatic carbocycles. The molecule has 1 fully saturated rings. The Balaban J connectivity index is 1.52. The van der Waals surface area contributed by atoms with Gasteiger partial charge in [-0.2, -0.15) is 5.10 Å². The second-order valence-electron chi connectivity index (χ2n) is 10.3. The fraction of sp³-hybridized carbons (Fsp3) is 0.290. The Bertz CT molecular complexity index is 1650. The molecule has 0 N–H and O–H groups in total. The van der Waals surface area contributed by atoms with Crippen molar-refractivity contribution in [1.82, 2.24) is 19.6 Å². The number of thiophene rings is 1. The Hall–Kier alpha value is -3.96. The molecular formula is C31H30FN5O3S2. The van der Waals surface area contributed by atoms with Crippen molar-refractivity contribution in [2.45, 2.75) is 19.1 Å². The topological polar surface area (TPSA) is 78.8 Å². The number of hydrogen-bond donors (Lipinski definition) is 0. The number of aromatic nitrogens is 2. The van der Waals surface area contributed by atoms with Crippen LogP contribution in [0, 0.1) is 12.7 Å². The van der Waals surface area contributed by atoms with E-state index in [2.05, 4.69) is 0 Å². The number of carbonyl (C=O) groups is 3. The number of fused-ring (bicyclic) bond motifs is 1. The first-order valence-electron chi connectivity index (χ1n) is 13.8. The second kappa shape index (κ2) is 11.7. The third-order valence-electron chi connectivity index (χ3n) is 7.75. The maximum atomic E-state index is 15.4. The monoisotopic (exact) mass is 603 g/mol. The molecule has 0 bridgehead atoms. The standard InChI is InChI=1S/C31H30FN5O3S2/c1-20-8-3-6-11-24(20)37-31-28(29(33-37)25-12-7-17-41-25)30(22-9-4-5-10-23(22)32)42-19-27(40)36(31)18-26(39)35-15-13-34(14-16-35)21(2)38/h3-12,17,30H,13-16,18-19H2,1-2H3/t30-/m1/s1. The van der Waals surface area contributed by atoms with E-state index in [4.69, 9.17) is 5.10 Å². The number of amides is 3. The van der Waals surface area contributed by atoms with Gasteiger partial charge in [0.15, 0.2) is 0 Å². The minimum Gasteiger partial charge on any atom is -0.339 e. The van der Waals surface area contributed by atoms with E-state index in [1.807, 2.05) is 48.7 Å². The third kappa shape index (κ3) is 5.22. The normalized spacial score (nSPS) is 17.3. The smallest absolute Gasteiger partial charge is 0.242 e. The Morgan fingerprint density at radius 1 is 0.976 bits per heavy atom. The highest BCUT2D eigenvalue weighted by molar-refractivity contribution is 8.00. The van der Waals surface area contributed by atoms with Gasteiger partial charge in [0, 0.05) is 44.2 Å². The number of para-hydroxylation sites is 1. The predicted molar refractivity (Wildman–Crippen MR) is 164 cm³/mol. The van der Waals surface area contributed by atoms with Crippen LogP contribution in [0.4, 0.5) is 10.2 Å². The van der Waals surface area contributed by atoms with Gasteiger partial charge in [0.2, 0.25) is 17.7 Å². The molecule has 1 saturated heterocycles. The third-order valence-corrected chi connectivity index (χ3v) is 9.86. The van der Waals surface area contributed by atoms with Crippen LogP contribution in [0.5, 0.6) is 0 Å². The first kappa shape index (κ1) is 28.2. The van der Waals surface area contributed by atoms with E-state index in [9.17, 15) is 14.4 Å². The van der Waals surface area contributed by atoms with E-state index in [1.54, 1.807) is 32.7 Å². The Labute approximate surface area is 251 Å². The quantitative estimate of drug-likeness (QED) is 0.324. The van der Waals surface area contributed by atoms with E-state index in [0.717, 1.165) is 16.1 Å². The van der Waals surface area contributed by atoms with Crippen molar-refractivity contribution >= 4 is 46.6 Å². The molecule has 0 spiro atoms. The van der Waals surface area contributed by atoms with Crippen LogP contribution in [0.3, 0.4) is 0 Å². The van der Waals surface area contributed by atoms with Crippen LogP contribution in [0.25, 0.3) is 16.3 Å². The van der Waals surface area contributed by atoms with Crippen LogP contribution in [0.2, 0.25) is 0 Å². The molecule has 6 rings (SSSR count). The van der Waals surface area contributed by atoms with E-state index in [0.29, 0.717) is 48.8 Å². The fourth-order valence-corrected chi connectivity index (χ4v) is 7.47. The summed E-state index contributed by atoms with van der Waals surface area (Å²) in [4.78, 5) is 45.3. The van der Waals surface area contributed by atoms with Gasteiger partial charge in [0.05, 0.1) is 21.6 Å². The Kier molecular flexibility index (Phi) is 7.87. The average Bonchev–Trinajstić information content (AvgIpc) is 3.63. The fourth-order valence-electron chi connectivity index (χ4n) is 5.52. The zero-order valence-corrected chi connectivity index (χ0v) is 25.0. The van der Waals surface area contributed by atoms with Crippen LogP contribution in [0.1, 0.15) is 28.9 Å². The van der Waals surface area contributed by atoms with Gasteiger partial charge in [0.25, 0.3) is 0 Å². The number of anilines is 1. The molecule has 2 aromatic carbocycles. The summed E-state index contributed by atoms with van der Waals surface area (Å²) < 4.78 is 17.1. The Morgan fingerprint density at radius 3 is 2.38 bits per heavy atom. The number of rotatable bonds is 5. The number of carbonyl (C=O) groups excluding carboxylic acids is 3. The van der Waals surface area contributed by atoms with Gasteiger partial charge in [-0.05, 0) is 36.1 Å². The van der Waals surface area contributed by atoms with Crippen molar-refractivity contribution in [3.05, 3.63) is 88.6 Å². The second-order valence-corrected chi connectivity index (χ2v) is 12.4. The maximum absolute atomic E-state index is 15.4. The van der Waals surface area contributed by atoms with Crippen molar-refractivity contribution in [2.75, 3.05) is 43.4 Å². The SMILES string of the molecule is CC(=O)N1CCN(C(=O)CN2C(=O)CS[C@H](c3ccccc3F)c3c(-c4cccs4)nn(-c4ccccc4C)c32)CC1. The molecule has 0 saturated carbocycles. The van der Waals surface area contributed by atoms with Gasteiger partial charge in [-0.25, -0.2) is 9.07 Å². The molecule has 4 aromatic rings. The molecule has 0 radical (unpaired) electrons. The molecule has 2 aromatic heterocycles. The largest absolute Gasteiger partial charge is 0.339 e. The molecule has 8 nitrogen and oxygen atoms in total. The van der Waals surface area contributed by atoms with Crippen LogP contribution < -0.4 is 4.90 Å². The molecule has 2 aliphatic heterocycles. The maximum Gasteiger partial charge on any atom is 0.242 e. The lowest BCUT2D eigenvalue weighted by Crippen LogP contribution is -2.53. The van der Waals surface area contributed by atoms with Crippen molar-refractivity contribution in [3.63, 3.8) is 0 Å². The van der Waals surface area contributed by atoms with E-state index in [1.165, 1.54) is 41.0 Å². The van der Waals surface area contributed by atoms with Gasteiger partial charge < -0.3 is 9.80 Å². The summed E-state index contributed by atoms with van der Waals surface area (Å²) in [5, 5.41) is 6.51. The van der Waals surface area contributed by atoms with Crippen molar-refractivity contribution < 1.29 is 18.8 Å². The number of benzene rings is 2. The zero-order valence-electron chi connectivity index (χ0n) is 23.3. The number of halogens is 1. The van der Waals surface area contributed by atoms with Crippen LogP contribution in [0.15, 0.2) is 66.0 Å². The van der Waals surface area contributed by atoms with Gasteiger partial charge in [0.1, 0.15) is 23.9 Å². The number of hydrogen-bond acceptors (Lipinski definition) is 6. The first-order chi connectivity index (χ1) is 20.3. The van der Waals surface area contributed by atoms with Crippen molar-refractivity contribution in [3.8, 4) is 16.3 Å². The summed E-state index contributed by atoms with van der Waals surface area (Å²) in [6.45, 7) is 5.02. The lowest BCUT2D eigenvalue weighted by molar-refractivity contribution is -0.137. The lowest BCUT2D eigenvalue weighted by atomic mass is 10.0. The number of nitrogens with zero attached hydrogens (tertiary/aromatic N) is 5. The molecule has 216 valence electrons. The minimum absolute atomic E-state index is 0.0195. The van der Waals surface area contributed by atoms with Crippen LogP contribution in [-0.4, -0.2) is 75.8 Å². The highest BCUT2D eigenvalue weighted by Crippen LogP contribution is 2.49. The highest BCUT2D eigenvalue weighted by atomic mass is 32.2. The average molecular weight is 604 g/mol. The molecule has 1 atom stereocenters. The summed E-state index contributed by atoms with van der Waals surface area (Å²) in [6.07, 6.45) is 0. The highest BCUT2D eigenvalue weighted by Gasteiger charge is 2.39. The summed E-state index contributed by atoms with van der Waals surface area (Å²) in [5.41, 5.74) is 3.55. The zero-order chi connectivity index (χ0) is 29.4. The molecule has 4 heterocycles. The molecular weight excluding hydrogens is 574 g/mol. The molecule has 3 amide bonds. The summed E-state index contributed by atoms with van der Waals surface area (Å²) in [5.74, 6) is -0.288. The molecule has 2 aliphatic rings. The van der Waals surface area contributed by atoms with E-state index >= 15 is 4.39 Å². The first-order valence-corrected chi connectivity index (χ1v) is 15.7. The number of thioether (sulfide) groups is 1. The molecule has 42 heavy (non-hydrogen) atoms. The van der Waals surface area contributed by atoms with Crippen molar-refractivity contribution in [2.24, 2.45) is 0 Å². The molecule has 0 unspecified atom stereocenters. The number of aryl methyl sites for hydroxylation is 1. The van der Waals surface area contributed by atoms with Gasteiger partial charge >= 0.3 is 0 Å². The summed E-state index contributed by atoms with van der Waals surface area (Å²) >= 11 is 2.87.